The Balaban J connectivity index is 2.30. The van der Waals surface area contributed by atoms with Crippen LogP contribution in [0.3, 0.4) is 0 Å². The fourth-order valence-electron chi connectivity index (χ4n) is 2.00. The Labute approximate surface area is 130 Å². The largest absolute Gasteiger partial charge is 0.496 e. The Bertz CT molecular complexity index is 677. The van der Waals surface area contributed by atoms with Crippen molar-refractivity contribution in [3.05, 3.63) is 57.8 Å². The second-order valence-corrected chi connectivity index (χ2v) is 5.26. The molecule has 2 rings (SSSR count). The maximum absolute atomic E-state index is 13.8. The van der Waals surface area contributed by atoms with Crippen molar-refractivity contribution in [2.24, 2.45) is 5.73 Å². The molecule has 0 saturated heterocycles. The van der Waals surface area contributed by atoms with E-state index in [0.717, 1.165) is 5.56 Å². The van der Waals surface area contributed by atoms with Crippen LogP contribution in [0.5, 0.6) is 5.75 Å². The summed E-state index contributed by atoms with van der Waals surface area (Å²) >= 11 is 3.19. The number of nitrogens with two attached hydrogens (primary N) is 1. The molecule has 0 aliphatic heterocycles. The molecule has 0 aliphatic rings. The van der Waals surface area contributed by atoms with Gasteiger partial charge in [-0.05, 0) is 18.2 Å². The van der Waals surface area contributed by atoms with Gasteiger partial charge in [0.2, 0.25) is 0 Å². The number of anilines is 1. The number of benzene rings is 2. The number of hydrogen-bond acceptors (Lipinski definition) is 3. The van der Waals surface area contributed by atoms with E-state index in [-0.39, 0.29) is 5.56 Å². The Morgan fingerprint density at radius 3 is 2.76 bits per heavy atom. The Morgan fingerprint density at radius 1 is 1.38 bits per heavy atom. The maximum Gasteiger partial charge on any atom is 0.253 e. The molecule has 1 amide bonds. The van der Waals surface area contributed by atoms with Crippen molar-refractivity contribution in [3.8, 4) is 5.75 Å². The monoisotopic (exact) mass is 352 g/mol. The van der Waals surface area contributed by atoms with Crippen LogP contribution < -0.4 is 15.8 Å². The van der Waals surface area contributed by atoms with Crippen molar-refractivity contribution >= 4 is 27.5 Å². The average Bonchev–Trinajstić information content (AvgIpc) is 2.44. The minimum absolute atomic E-state index is 0.159. The zero-order chi connectivity index (χ0) is 15.4. The van der Waals surface area contributed by atoms with Gasteiger partial charge in [0.1, 0.15) is 11.6 Å². The SMILES string of the molecule is COc1ccccc1CNc1cc(Br)cc(F)c1C(N)=O. The van der Waals surface area contributed by atoms with Gasteiger partial charge in [-0.2, -0.15) is 0 Å². The van der Waals surface area contributed by atoms with Crippen LogP contribution in [0, 0.1) is 5.82 Å². The smallest absolute Gasteiger partial charge is 0.253 e. The van der Waals surface area contributed by atoms with Crippen molar-refractivity contribution in [2.45, 2.75) is 6.54 Å². The number of hydrogen-bond donors (Lipinski definition) is 2. The van der Waals surface area contributed by atoms with E-state index in [1.165, 1.54) is 6.07 Å². The lowest BCUT2D eigenvalue weighted by Crippen LogP contribution is -2.16. The van der Waals surface area contributed by atoms with Gasteiger partial charge in [-0.15, -0.1) is 0 Å². The first-order valence-electron chi connectivity index (χ1n) is 6.17. The fraction of sp³-hybridized carbons (Fsp3) is 0.133. The summed E-state index contributed by atoms with van der Waals surface area (Å²) in [5.74, 6) is -0.775. The van der Waals surface area contributed by atoms with Crippen LogP contribution in [0.1, 0.15) is 15.9 Å². The van der Waals surface area contributed by atoms with E-state index in [0.29, 0.717) is 22.5 Å². The third-order valence-corrected chi connectivity index (χ3v) is 3.42. The molecule has 0 heterocycles. The molecule has 0 aliphatic carbocycles. The highest BCUT2D eigenvalue weighted by Crippen LogP contribution is 2.26. The first-order chi connectivity index (χ1) is 10.0. The number of carbonyl (C=O) groups excluding carboxylic acids is 1. The van der Waals surface area contributed by atoms with E-state index in [1.807, 2.05) is 24.3 Å². The van der Waals surface area contributed by atoms with Crippen LogP contribution in [0.15, 0.2) is 40.9 Å². The lowest BCUT2D eigenvalue weighted by Gasteiger charge is -2.13. The molecular weight excluding hydrogens is 339 g/mol. The van der Waals surface area contributed by atoms with Gasteiger partial charge in [0.25, 0.3) is 5.91 Å². The summed E-state index contributed by atoms with van der Waals surface area (Å²) in [6.45, 7) is 0.375. The summed E-state index contributed by atoms with van der Waals surface area (Å²) in [4.78, 5) is 11.4. The van der Waals surface area contributed by atoms with Gasteiger partial charge < -0.3 is 15.8 Å². The fourth-order valence-corrected chi connectivity index (χ4v) is 2.43. The Kier molecular flexibility index (Phi) is 4.80. The lowest BCUT2D eigenvalue weighted by atomic mass is 10.1. The van der Waals surface area contributed by atoms with Crippen LogP contribution in [-0.4, -0.2) is 13.0 Å². The highest BCUT2D eigenvalue weighted by molar-refractivity contribution is 9.10. The van der Waals surface area contributed by atoms with E-state index >= 15 is 0 Å². The second-order valence-electron chi connectivity index (χ2n) is 4.34. The van der Waals surface area contributed by atoms with E-state index < -0.39 is 11.7 Å². The third kappa shape index (κ3) is 3.52. The molecule has 0 fully saturated rings. The number of ether oxygens (including phenoxy) is 1. The van der Waals surface area contributed by atoms with Crippen molar-refractivity contribution in [2.75, 3.05) is 12.4 Å². The summed E-state index contributed by atoms with van der Waals surface area (Å²) in [6, 6.07) is 10.2. The van der Waals surface area contributed by atoms with Gasteiger partial charge in [-0.1, -0.05) is 34.1 Å². The van der Waals surface area contributed by atoms with Gasteiger partial charge >= 0.3 is 0 Å². The molecule has 0 atom stereocenters. The predicted octanol–water partition coefficient (Wildman–Crippen LogP) is 3.31. The third-order valence-electron chi connectivity index (χ3n) is 2.96. The minimum Gasteiger partial charge on any atom is -0.496 e. The predicted molar refractivity (Wildman–Crippen MR) is 82.9 cm³/mol. The Morgan fingerprint density at radius 2 is 2.10 bits per heavy atom. The van der Waals surface area contributed by atoms with E-state index in [1.54, 1.807) is 13.2 Å². The molecule has 6 heteroatoms. The van der Waals surface area contributed by atoms with Gasteiger partial charge in [0, 0.05) is 16.6 Å². The first-order valence-corrected chi connectivity index (χ1v) is 6.97. The van der Waals surface area contributed by atoms with E-state index in [9.17, 15) is 9.18 Å². The molecule has 2 aromatic carbocycles. The molecular formula is C15H14BrFN2O2. The first kappa shape index (κ1) is 15.3. The molecule has 0 aromatic heterocycles. The molecule has 0 bridgehead atoms. The number of para-hydroxylation sites is 1. The zero-order valence-corrected chi connectivity index (χ0v) is 12.9. The van der Waals surface area contributed by atoms with Crippen molar-refractivity contribution in [3.63, 3.8) is 0 Å². The highest BCUT2D eigenvalue weighted by atomic mass is 79.9. The van der Waals surface area contributed by atoms with E-state index in [2.05, 4.69) is 21.2 Å². The maximum atomic E-state index is 13.8. The molecule has 4 nitrogen and oxygen atoms in total. The number of rotatable bonds is 5. The average molecular weight is 353 g/mol. The molecule has 0 radical (unpaired) electrons. The minimum atomic E-state index is -0.817. The molecule has 21 heavy (non-hydrogen) atoms. The number of primary amides is 1. The summed E-state index contributed by atoms with van der Waals surface area (Å²) in [5, 5.41) is 3.02. The summed E-state index contributed by atoms with van der Waals surface area (Å²) in [6.07, 6.45) is 0. The number of halogens is 2. The second kappa shape index (κ2) is 6.58. The Hall–Kier alpha value is -2.08. The van der Waals surface area contributed by atoms with Gasteiger partial charge in [0.05, 0.1) is 18.4 Å². The zero-order valence-electron chi connectivity index (χ0n) is 11.3. The van der Waals surface area contributed by atoms with Gasteiger partial charge in [0.15, 0.2) is 0 Å². The topological polar surface area (TPSA) is 64.3 Å². The summed E-state index contributed by atoms with van der Waals surface area (Å²) in [7, 11) is 1.58. The quantitative estimate of drug-likeness (QED) is 0.867. The van der Waals surface area contributed by atoms with Crippen LogP contribution in [-0.2, 0) is 6.54 Å². The summed E-state index contributed by atoms with van der Waals surface area (Å²) in [5.41, 5.74) is 6.29. The van der Waals surface area contributed by atoms with Crippen molar-refractivity contribution < 1.29 is 13.9 Å². The number of amides is 1. The molecule has 2 aromatic rings. The lowest BCUT2D eigenvalue weighted by molar-refractivity contribution is 0.0997. The molecule has 0 saturated carbocycles. The summed E-state index contributed by atoms with van der Waals surface area (Å²) < 4.78 is 19.6. The molecule has 0 spiro atoms. The molecule has 3 N–H and O–H groups in total. The standard InChI is InChI=1S/C15H14BrFN2O2/c1-21-13-5-3-2-4-9(13)8-19-12-7-10(16)6-11(17)14(12)15(18)20/h2-7,19H,8H2,1H3,(H2,18,20). The van der Waals surface area contributed by atoms with Crippen LogP contribution in [0.2, 0.25) is 0 Å². The van der Waals surface area contributed by atoms with Gasteiger partial charge in [-0.3, -0.25) is 4.79 Å². The van der Waals surface area contributed by atoms with Crippen LogP contribution >= 0.6 is 15.9 Å². The molecule has 0 unspecified atom stereocenters. The normalized spacial score (nSPS) is 10.2. The number of carbonyl (C=O) groups is 1. The van der Waals surface area contributed by atoms with Crippen molar-refractivity contribution in [1.29, 1.82) is 0 Å². The van der Waals surface area contributed by atoms with Gasteiger partial charge in [-0.25, -0.2) is 4.39 Å². The van der Waals surface area contributed by atoms with Crippen LogP contribution in [0.25, 0.3) is 0 Å². The van der Waals surface area contributed by atoms with E-state index in [4.69, 9.17) is 10.5 Å². The number of methoxy groups -OCH3 is 1. The van der Waals surface area contributed by atoms with Crippen molar-refractivity contribution in [1.82, 2.24) is 0 Å². The highest BCUT2D eigenvalue weighted by Gasteiger charge is 2.15. The van der Waals surface area contributed by atoms with Crippen LogP contribution in [0.4, 0.5) is 10.1 Å². The molecule has 110 valence electrons. The number of nitrogens with one attached hydrogen (secondary N) is 1.